The maximum Gasteiger partial charge on any atom is 0.159 e. The summed E-state index contributed by atoms with van der Waals surface area (Å²) in [6.07, 6.45) is 16.7. The minimum absolute atomic E-state index is 0.0302. The van der Waals surface area contributed by atoms with Crippen LogP contribution in [0.1, 0.15) is 112 Å². The summed E-state index contributed by atoms with van der Waals surface area (Å²) in [6, 6.07) is 8.63. The predicted octanol–water partition coefficient (Wildman–Crippen LogP) is 5.63. The number of fused-ring (bicyclic) bond motifs is 4. The molecular formula is C50H68O7. The molecule has 0 radical (unpaired) electrons. The van der Waals surface area contributed by atoms with E-state index in [1.54, 1.807) is 0 Å². The van der Waals surface area contributed by atoms with Gasteiger partial charge < -0.3 is 30.3 Å². The van der Waals surface area contributed by atoms with Crippen molar-refractivity contribution >= 4 is 17.4 Å². The van der Waals surface area contributed by atoms with Crippen molar-refractivity contribution in [3.05, 3.63) is 58.5 Å². The molecule has 9 aliphatic carbocycles. The van der Waals surface area contributed by atoms with Gasteiger partial charge in [-0.3, -0.25) is 4.79 Å². The first-order valence-electron chi connectivity index (χ1n) is 22.7. The van der Waals surface area contributed by atoms with E-state index in [0.29, 0.717) is 38.4 Å². The Labute approximate surface area is 339 Å². The van der Waals surface area contributed by atoms with E-state index in [0.717, 1.165) is 63.0 Å². The van der Waals surface area contributed by atoms with Gasteiger partial charge in [-0.1, -0.05) is 82.2 Å². The van der Waals surface area contributed by atoms with Crippen LogP contribution < -0.4 is 10.4 Å². The summed E-state index contributed by atoms with van der Waals surface area (Å²) in [4.78, 5) is 16.1. The second kappa shape index (κ2) is 12.5. The fraction of sp³-hybridized carbons (Fsp3) is 0.740. The Morgan fingerprint density at radius 2 is 1.72 bits per heavy atom. The number of hydrogen-bond acceptors (Lipinski definition) is 7. The van der Waals surface area contributed by atoms with E-state index in [9.17, 15) is 25.5 Å². The highest BCUT2D eigenvalue weighted by Gasteiger charge is 2.82. The van der Waals surface area contributed by atoms with Crippen LogP contribution in [0.3, 0.4) is 0 Å². The summed E-state index contributed by atoms with van der Waals surface area (Å²) < 4.78 is 6.31. The summed E-state index contributed by atoms with van der Waals surface area (Å²) in [5, 5.41) is 62.7. The molecule has 0 aromatic heterocycles. The molecule has 7 nitrogen and oxygen atoms in total. The second-order valence-electron chi connectivity index (χ2n) is 22.2. The maximum absolute atomic E-state index is 16.1. The number of ether oxygens (including phenoxy) is 1. The lowest BCUT2D eigenvalue weighted by molar-refractivity contribution is -0.284. The molecule has 1 aromatic carbocycles. The molecule has 15 unspecified atom stereocenters. The maximum atomic E-state index is 16.1. The van der Waals surface area contributed by atoms with Crippen molar-refractivity contribution in [2.75, 3.05) is 26.4 Å². The van der Waals surface area contributed by atoms with Gasteiger partial charge in [0.15, 0.2) is 5.78 Å². The smallest absolute Gasteiger partial charge is 0.159 e. The Kier molecular flexibility index (Phi) is 8.54. The Balaban J connectivity index is 1.25. The van der Waals surface area contributed by atoms with Crippen molar-refractivity contribution in [1.82, 2.24) is 0 Å². The highest BCUT2D eigenvalue weighted by atomic mass is 16.5. The molecule has 2 spiro atoms. The molecule has 5 N–H and O–H groups in total. The van der Waals surface area contributed by atoms with Crippen LogP contribution in [0, 0.1) is 73.4 Å². The molecule has 0 heterocycles. The third-order valence-corrected chi connectivity index (χ3v) is 20.2. The third kappa shape index (κ3) is 4.43. The summed E-state index contributed by atoms with van der Waals surface area (Å²) in [5.74, 6) is -0.238. The number of hydrogen-bond donors (Lipinski definition) is 5. The van der Waals surface area contributed by atoms with Crippen LogP contribution in [0.5, 0.6) is 0 Å². The molecule has 6 fully saturated rings. The van der Waals surface area contributed by atoms with E-state index in [1.165, 1.54) is 16.4 Å². The van der Waals surface area contributed by atoms with E-state index in [2.05, 4.69) is 69.3 Å². The molecule has 1 aromatic rings. The molecule has 57 heavy (non-hydrogen) atoms. The van der Waals surface area contributed by atoms with Crippen molar-refractivity contribution in [2.45, 2.75) is 129 Å². The number of carbonyl (C=O) groups excluding carboxylic acids is 1. The lowest BCUT2D eigenvalue weighted by atomic mass is 9.27. The van der Waals surface area contributed by atoms with Crippen molar-refractivity contribution in [3.63, 3.8) is 0 Å². The zero-order valence-electron chi connectivity index (χ0n) is 35.1. The largest absolute Gasteiger partial charge is 0.396 e. The lowest BCUT2D eigenvalue weighted by Crippen LogP contribution is -2.77. The molecule has 0 saturated heterocycles. The molecule has 0 aliphatic heterocycles. The van der Waals surface area contributed by atoms with Crippen LogP contribution >= 0.6 is 0 Å². The van der Waals surface area contributed by atoms with Gasteiger partial charge in [-0.05, 0) is 156 Å². The predicted molar refractivity (Wildman–Crippen MR) is 219 cm³/mol. The number of carbonyl (C=O) groups is 1. The molecule has 0 amide bonds. The molecule has 2 bridgehead atoms. The topological polar surface area (TPSA) is 127 Å². The van der Waals surface area contributed by atoms with Gasteiger partial charge in [0.25, 0.3) is 0 Å². The van der Waals surface area contributed by atoms with Crippen molar-refractivity contribution in [3.8, 4) is 0 Å². The highest BCUT2D eigenvalue weighted by molar-refractivity contribution is 5.96. The van der Waals surface area contributed by atoms with Gasteiger partial charge in [-0.25, -0.2) is 0 Å². The SMILES string of the molecule is CCOCC1=c2ccccc2=CC2C1CCC13CCC4C(C)(C(O)CO)C(O)CCC24C1C(=O)C=C1C2CC(C)(C)CC45CCCC4C=CC(O)(CC13C)C25CO. The quantitative estimate of drug-likeness (QED) is 0.237. The molecule has 7 heteroatoms. The van der Waals surface area contributed by atoms with Gasteiger partial charge >= 0.3 is 0 Å². The molecule has 9 aliphatic rings. The molecule has 10 rings (SSSR count). The Morgan fingerprint density at radius 1 is 0.947 bits per heavy atom. The van der Waals surface area contributed by atoms with E-state index in [-0.39, 0.29) is 46.9 Å². The molecular weight excluding hydrogens is 713 g/mol. The Hall–Kier alpha value is -2.13. The van der Waals surface area contributed by atoms with Gasteiger partial charge in [-0.15, -0.1) is 0 Å². The summed E-state index contributed by atoms with van der Waals surface area (Å²) >= 11 is 0. The Morgan fingerprint density at radius 3 is 2.47 bits per heavy atom. The minimum atomic E-state index is -1.24. The van der Waals surface area contributed by atoms with E-state index >= 15 is 4.79 Å². The van der Waals surface area contributed by atoms with Crippen LogP contribution in [0.4, 0.5) is 0 Å². The first kappa shape index (κ1) is 39.0. The Bertz CT molecular complexity index is 2050. The minimum Gasteiger partial charge on any atom is -0.396 e. The van der Waals surface area contributed by atoms with Gasteiger partial charge in [0, 0.05) is 23.4 Å². The normalized spacial score (nSPS) is 50.4. The average molecular weight is 781 g/mol. The highest BCUT2D eigenvalue weighted by Crippen LogP contribution is 2.84. The number of aliphatic hydroxyl groups excluding tert-OH is 4. The van der Waals surface area contributed by atoms with E-state index < -0.39 is 57.4 Å². The van der Waals surface area contributed by atoms with Gasteiger partial charge in [0.05, 0.1) is 37.6 Å². The van der Waals surface area contributed by atoms with Crippen LogP contribution in [0.25, 0.3) is 11.6 Å². The fourth-order valence-electron chi connectivity index (χ4n) is 18.4. The van der Waals surface area contributed by atoms with Gasteiger partial charge in [0.1, 0.15) is 0 Å². The molecule has 15 atom stereocenters. The average Bonchev–Trinajstić information content (AvgIpc) is 3.56. The molecule has 310 valence electrons. The van der Waals surface area contributed by atoms with Crippen molar-refractivity contribution in [2.24, 2.45) is 73.4 Å². The third-order valence-electron chi connectivity index (χ3n) is 20.2. The lowest BCUT2D eigenvalue weighted by Gasteiger charge is -2.77. The zero-order chi connectivity index (χ0) is 40.2. The number of aliphatic hydroxyl groups is 5. The number of rotatable bonds is 6. The monoisotopic (exact) mass is 780 g/mol. The first-order chi connectivity index (χ1) is 27.1. The van der Waals surface area contributed by atoms with Crippen LogP contribution in [-0.2, 0) is 9.53 Å². The van der Waals surface area contributed by atoms with Crippen LogP contribution in [-0.4, -0.2) is 75.6 Å². The van der Waals surface area contributed by atoms with Crippen LogP contribution in [0.2, 0.25) is 0 Å². The number of ketones is 1. The second-order valence-corrected chi connectivity index (χ2v) is 22.2. The number of allylic oxidation sites excluding steroid dienone is 3. The summed E-state index contributed by atoms with van der Waals surface area (Å²) in [6.45, 7) is 11.8. The number of benzene rings is 1. The van der Waals surface area contributed by atoms with Crippen LogP contribution in [0.15, 0.2) is 48.1 Å². The van der Waals surface area contributed by atoms with E-state index in [1.807, 2.05) is 13.8 Å². The summed E-state index contributed by atoms with van der Waals surface area (Å²) in [7, 11) is 0. The zero-order valence-corrected chi connectivity index (χ0v) is 35.1. The van der Waals surface area contributed by atoms with Crippen molar-refractivity contribution < 1.29 is 35.1 Å². The van der Waals surface area contributed by atoms with Gasteiger partial charge in [0.2, 0.25) is 0 Å². The van der Waals surface area contributed by atoms with Crippen molar-refractivity contribution in [1.29, 1.82) is 0 Å². The van der Waals surface area contributed by atoms with Gasteiger partial charge in [-0.2, -0.15) is 0 Å². The summed E-state index contributed by atoms with van der Waals surface area (Å²) in [5.41, 5.74) is -2.49. The molecule has 6 saturated carbocycles. The first-order valence-corrected chi connectivity index (χ1v) is 22.7. The van der Waals surface area contributed by atoms with E-state index in [4.69, 9.17) is 4.74 Å². The fourth-order valence-corrected chi connectivity index (χ4v) is 18.4. The standard InChI is InChI=1S/C50H68O7/c1-6-57-26-34-32-12-8-7-10-30(32)22-35-33(34)14-18-46-19-15-39-45(5,41(55)25-51)40(54)16-21-49(35,39)42(46)38(53)23-36-37-24-43(2,3)27-47-17-9-11-31(47)13-20-48(56,28-44(36,46)4)50(37,47)29-52/h7-8,10,12-13,20,22-23,31,33,35,37,39-42,51-52,54-56H,6,9,11,14-19,21,24-29H2,1-5H3.